The maximum absolute atomic E-state index is 14.1. The van der Waals surface area contributed by atoms with Gasteiger partial charge in [0.25, 0.3) is 0 Å². The Bertz CT molecular complexity index is 434. The van der Waals surface area contributed by atoms with E-state index < -0.39 is 11.6 Å². The van der Waals surface area contributed by atoms with Gasteiger partial charge in [0.2, 0.25) is 0 Å². The Balaban J connectivity index is 2.52. The second-order valence-corrected chi connectivity index (χ2v) is 5.70. The summed E-state index contributed by atoms with van der Waals surface area (Å²) in [5, 5.41) is 0. The SMILES string of the molecule is CC(C)c1cc(C2(CN)CCCC2)c(F)cc1F. The lowest BCUT2D eigenvalue weighted by atomic mass is 9.77. The highest BCUT2D eigenvalue weighted by Gasteiger charge is 2.37. The molecule has 1 fully saturated rings. The summed E-state index contributed by atoms with van der Waals surface area (Å²) in [6.07, 6.45) is 3.96. The summed E-state index contributed by atoms with van der Waals surface area (Å²) < 4.78 is 27.8. The molecule has 0 aromatic heterocycles. The van der Waals surface area contributed by atoms with Crippen molar-refractivity contribution in [3.05, 3.63) is 34.9 Å². The fourth-order valence-electron chi connectivity index (χ4n) is 3.05. The van der Waals surface area contributed by atoms with Crippen LogP contribution in [-0.4, -0.2) is 6.54 Å². The molecule has 2 N–H and O–H groups in total. The van der Waals surface area contributed by atoms with Crippen molar-refractivity contribution in [3.8, 4) is 0 Å². The summed E-state index contributed by atoms with van der Waals surface area (Å²) in [4.78, 5) is 0. The van der Waals surface area contributed by atoms with Crippen LogP contribution in [0.25, 0.3) is 0 Å². The van der Waals surface area contributed by atoms with Crippen LogP contribution < -0.4 is 5.73 Å². The highest BCUT2D eigenvalue weighted by molar-refractivity contribution is 5.35. The molecule has 0 bridgehead atoms. The van der Waals surface area contributed by atoms with Crippen LogP contribution in [0.4, 0.5) is 8.78 Å². The number of rotatable bonds is 3. The van der Waals surface area contributed by atoms with Crippen LogP contribution in [0.15, 0.2) is 12.1 Å². The average Bonchev–Trinajstić information content (AvgIpc) is 2.78. The summed E-state index contributed by atoms with van der Waals surface area (Å²) >= 11 is 0. The number of hydrogen-bond donors (Lipinski definition) is 1. The first kappa shape index (κ1) is 13.5. The van der Waals surface area contributed by atoms with Crippen molar-refractivity contribution in [3.63, 3.8) is 0 Å². The van der Waals surface area contributed by atoms with Crippen LogP contribution in [0.1, 0.15) is 56.6 Å². The van der Waals surface area contributed by atoms with Gasteiger partial charge >= 0.3 is 0 Å². The Hall–Kier alpha value is -0.960. The van der Waals surface area contributed by atoms with Gasteiger partial charge in [-0.15, -0.1) is 0 Å². The van der Waals surface area contributed by atoms with E-state index >= 15 is 0 Å². The van der Waals surface area contributed by atoms with Crippen molar-refractivity contribution in [2.24, 2.45) is 5.73 Å². The van der Waals surface area contributed by atoms with Gasteiger partial charge in [-0.25, -0.2) is 8.78 Å². The lowest BCUT2D eigenvalue weighted by molar-refractivity contribution is 0.422. The number of hydrogen-bond acceptors (Lipinski definition) is 1. The van der Waals surface area contributed by atoms with Gasteiger partial charge in [0, 0.05) is 18.0 Å². The largest absolute Gasteiger partial charge is 0.330 e. The van der Waals surface area contributed by atoms with Crippen molar-refractivity contribution < 1.29 is 8.78 Å². The molecule has 0 aliphatic heterocycles. The molecule has 1 nitrogen and oxygen atoms in total. The minimum atomic E-state index is -0.448. The minimum Gasteiger partial charge on any atom is -0.330 e. The van der Waals surface area contributed by atoms with Gasteiger partial charge in [0.15, 0.2) is 0 Å². The lowest BCUT2D eigenvalue weighted by Crippen LogP contribution is -2.33. The molecule has 1 aliphatic rings. The fraction of sp³-hybridized carbons (Fsp3) is 0.600. The fourth-order valence-corrected chi connectivity index (χ4v) is 3.05. The molecule has 3 heteroatoms. The van der Waals surface area contributed by atoms with E-state index in [2.05, 4.69) is 0 Å². The maximum Gasteiger partial charge on any atom is 0.129 e. The summed E-state index contributed by atoms with van der Waals surface area (Å²) in [5.74, 6) is -0.832. The quantitative estimate of drug-likeness (QED) is 0.869. The second kappa shape index (κ2) is 4.96. The molecular weight excluding hydrogens is 232 g/mol. The summed E-state index contributed by atoms with van der Waals surface area (Å²) in [5.41, 5.74) is 6.80. The highest BCUT2D eigenvalue weighted by atomic mass is 19.1. The molecular formula is C15H21F2N. The van der Waals surface area contributed by atoms with Gasteiger partial charge in [-0.2, -0.15) is 0 Å². The molecule has 0 heterocycles. The van der Waals surface area contributed by atoms with E-state index in [1.54, 1.807) is 6.07 Å². The van der Waals surface area contributed by atoms with Crippen LogP contribution in [0, 0.1) is 11.6 Å². The van der Waals surface area contributed by atoms with E-state index in [4.69, 9.17) is 5.73 Å². The second-order valence-electron chi connectivity index (χ2n) is 5.70. The predicted molar refractivity (Wildman–Crippen MR) is 69.6 cm³/mol. The molecule has 0 radical (unpaired) electrons. The molecule has 0 saturated heterocycles. The molecule has 1 aromatic carbocycles. The molecule has 1 saturated carbocycles. The normalized spacial score (nSPS) is 18.6. The molecule has 100 valence electrons. The maximum atomic E-state index is 14.1. The molecule has 0 atom stereocenters. The van der Waals surface area contributed by atoms with Crippen molar-refractivity contribution in [1.29, 1.82) is 0 Å². The predicted octanol–water partition coefficient (Wildman–Crippen LogP) is 3.86. The summed E-state index contributed by atoms with van der Waals surface area (Å²) in [6, 6.07) is 2.73. The highest BCUT2D eigenvalue weighted by Crippen LogP contribution is 2.42. The van der Waals surface area contributed by atoms with E-state index in [1.807, 2.05) is 13.8 Å². The zero-order chi connectivity index (χ0) is 13.3. The van der Waals surface area contributed by atoms with Crippen LogP contribution in [0.2, 0.25) is 0 Å². The molecule has 18 heavy (non-hydrogen) atoms. The third-order valence-electron chi connectivity index (χ3n) is 4.23. The van der Waals surface area contributed by atoms with Gasteiger partial charge in [-0.1, -0.05) is 26.7 Å². The van der Waals surface area contributed by atoms with E-state index in [0.29, 0.717) is 17.7 Å². The molecule has 0 amide bonds. The van der Waals surface area contributed by atoms with E-state index in [9.17, 15) is 8.78 Å². The lowest BCUT2D eigenvalue weighted by Gasteiger charge is -2.29. The van der Waals surface area contributed by atoms with Crippen molar-refractivity contribution >= 4 is 0 Å². The van der Waals surface area contributed by atoms with Gasteiger partial charge in [0.1, 0.15) is 11.6 Å². The first-order valence-electron chi connectivity index (χ1n) is 6.69. The zero-order valence-corrected chi connectivity index (χ0v) is 11.1. The van der Waals surface area contributed by atoms with Crippen LogP contribution >= 0.6 is 0 Å². The average molecular weight is 253 g/mol. The zero-order valence-electron chi connectivity index (χ0n) is 11.1. The van der Waals surface area contributed by atoms with Crippen molar-refractivity contribution in [1.82, 2.24) is 0 Å². The van der Waals surface area contributed by atoms with Crippen LogP contribution in [0.5, 0.6) is 0 Å². The van der Waals surface area contributed by atoms with E-state index in [-0.39, 0.29) is 11.3 Å². The molecule has 1 aromatic rings. The van der Waals surface area contributed by atoms with Crippen LogP contribution in [0.3, 0.4) is 0 Å². The number of halogens is 2. The smallest absolute Gasteiger partial charge is 0.129 e. The van der Waals surface area contributed by atoms with E-state index in [0.717, 1.165) is 31.7 Å². The summed E-state index contributed by atoms with van der Waals surface area (Å²) in [7, 11) is 0. The first-order chi connectivity index (χ1) is 8.50. The molecule has 1 aliphatic carbocycles. The Kier molecular flexibility index (Phi) is 3.71. The van der Waals surface area contributed by atoms with Gasteiger partial charge in [-0.05, 0) is 36.0 Å². The molecule has 0 unspecified atom stereocenters. The standard InChI is InChI=1S/C15H21F2N/c1-10(2)11-7-12(14(17)8-13(11)16)15(9-18)5-3-4-6-15/h7-8,10H,3-6,9,18H2,1-2H3. The number of benzene rings is 1. The number of nitrogens with two attached hydrogens (primary N) is 1. The topological polar surface area (TPSA) is 26.0 Å². The van der Waals surface area contributed by atoms with Gasteiger partial charge in [-0.3, -0.25) is 0 Å². The van der Waals surface area contributed by atoms with Crippen molar-refractivity contribution in [2.75, 3.05) is 6.54 Å². The first-order valence-corrected chi connectivity index (χ1v) is 6.69. The summed E-state index contributed by atoms with van der Waals surface area (Å²) in [6.45, 7) is 4.28. The van der Waals surface area contributed by atoms with Gasteiger partial charge < -0.3 is 5.73 Å². The minimum absolute atomic E-state index is 0.0561. The van der Waals surface area contributed by atoms with Crippen molar-refractivity contribution in [2.45, 2.75) is 50.9 Å². The third-order valence-corrected chi connectivity index (χ3v) is 4.23. The third kappa shape index (κ3) is 2.16. The Labute approximate surface area is 107 Å². The van der Waals surface area contributed by atoms with Gasteiger partial charge in [0.05, 0.1) is 0 Å². The van der Waals surface area contributed by atoms with E-state index in [1.165, 1.54) is 0 Å². The Morgan fingerprint density at radius 1 is 1.17 bits per heavy atom. The van der Waals surface area contributed by atoms with Crippen LogP contribution in [-0.2, 0) is 5.41 Å². The Morgan fingerprint density at radius 2 is 1.78 bits per heavy atom. The molecule has 2 rings (SSSR count). The monoisotopic (exact) mass is 253 g/mol. The molecule has 0 spiro atoms. The Morgan fingerprint density at radius 3 is 2.28 bits per heavy atom.